The second kappa shape index (κ2) is 8.12. The van der Waals surface area contributed by atoms with Crippen LogP contribution in [-0.2, 0) is 14.6 Å². The van der Waals surface area contributed by atoms with E-state index in [1.807, 2.05) is 33.8 Å². The predicted molar refractivity (Wildman–Crippen MR) is 106 cm³/mol. The topological polar surface area (TPSA) is 121 Å². The van der Waals surface area contributed by atoms with Crippen LogP contribution in [0.15, 0.2) is 29.2 Å². The molecule has 154 valence electrons. The number of ketones is 1. The monoisotopic (exact) mass is 419 g/mol. The van der Waals surface area contributed by atoms with E-state index in [0.29, 0.717) is 5.56 Å². The maximum absolute atomic E-state index is 12.6. The van der Waals surface area contributed by atoms with Crippen LogP contribution in [0, 0.1) is 37.8 Å². The average molecular weight is 419 g/mol. The highest BCUT2D eigenvalue weighted by atomic mass is 32.2. The Morgan fingerprint density at radius 3 is 2.07 bits per heavy atom. The van der Waals surface area contributed by atoms with E-state index in [1.165, 1.54) is 0 Å². The van der Waals surface area contributed by atoms with Gasteiger partial charge in [0.15, 0.2) is 16.4 Å². The number of hydrogen-bond donors (Lipinski definition) is 0. The number of carbonyl (C=O) groups is 2. The number of carbonyl (C=O) groups excluding carboxylic acids is 2. The SMILES string of the molecule is Cc1cc(C)c(C)c(C(=O)COC(=O)c2ccc(S(C)(=O)=O)c([N+](=O)[O-])c2)c1C. The van der Waals surface area contributed by atoms with Crippen molar-refractivity contribution in [2.24, 2.45) is 0 Å². The van der Waals surface area contributed by atoms with Gasteiger partial charge >= 0.3 is 5.97 Å². The molecule has 0 aromatic heterocycles. The van der Waals surface area contributed by atoms with Gasteiger partial charge in [-0.25, -0.2) is 13.2 Å². The van der Waals surface area contributed by atoms with E-state index in [-0.39, 0.29) is 11.3 Å². The van der Waals surface area contributed by atoms with Gasteiger partial charge in [-0.1, -0.05) is 6.07 Å². The lowest BCUT2D eigenvalue weighted by atomic mass is 9.92. The zero-order valence-electron chi connectivity index (χ0n) is 16.7. The summed E-state index contributed by atoms with van der Waals surface area (Å²) in [5, 5.41) is 11.2. The third-order valence-corrected chi connectivity index (χ3v) is 5.91. The number of hydrogen-bond acceptors (Lipinski definition) is 7. The quantitative estimate of drug-likeness (QED) is 0.305. The minimum absolute atomic E-state index is 0.217. The number of ether oxygens (including phenoxy) is 1. The summed E-state index contributed by atoms with van der Waals surface area (Å²) in [7, 11) is -3.85. The summed E-state index contributed by atoms with van der Waals surface area (Å²) in [6.45, 7) is 6.85. The van der Waals surface area contributed by atoms with Gasteiger partial charge in [-0.3, -0.25) is 14.9 Å². The van der Waals surface area contributed by atoms with Crippen LogP contribution in [0.4, 0.5) is 5.69 Å². The molecule has 0 aliphatic carbocycles. The minimum atomic E-state index is -3.85. The van der Waals surface area contributed by atoms with Crippen LogP contribution >= 0.6 is 0 Å². The predicted octanol–water partition coefficient (Wildman–Crippen LogP) is 3.27. The van der Waals surface area contributed by atoms with Crippen molar-refractivity contribution in [2.75, 3.05) is 12.9 Å². The fourth-order valence-corrected chi connectivity index (χ4v) is 3.85. The van der Waals surface area contributed by atoms with Crippen LogP contribution in [0.2, 0.25) is 0 Å². The highest BCUT2D eigenvalue weighted by Gasteiger charge is 2.25. The Morgan fingerprint density at radius 2 is 1.59 bits per heavy atom. The largest absolute Gasteiger partial charge is 0.454 e. The number of nitro benzene ring substituents is 1. The smallest absolute Gasteiger partial charge is 0.338 e. The van der Waals surface area contributed by atoms with E-state index in [4.69, 9.17) is 4.74 Å². The number of sulfone groups is 1. The third-order valence-electron chi connectivity index (χ3n) is 4.77. The van der Waals surface area contributed by atoms with Gasteiger partial charge in [-0.2, -0.15) is 0 Å². The first kappa shape index (κ1) is 22.2. The van der Waals surface area contributed by atoms with Crippen molar-refractivity contribution < 1.29 is 27.7 Å². The summed E-state index contributed by atoms with van der Waals surface area (Å²) in [6, 6.07) is 4.89. The average Bonchev–Trinajstić information content (AvgIpc) is 2.63. The zero-order valence-corrected chi connectivity index (χ0v) is 17.5. The first-order valence-corrected chi connectivity index (χ1v) is 10.5. The van der Waals surface area contributed by atoms with Crippen molar-refractivity contribution in [3.63, 3.8) is 0 Å². The molecule has 0 atom stereocenters. The molecule has 0 amide bonds. The summed E-state index contributed by atoms with van der Waals surface area (Å²) in [6.07, 6.45) is 0.834. The highest BCUT2D eigenvalue weighted by Crippen LogP contribution is 2.26. The first-order chi connectivity index (χ1) is 13.3. The molecule has 0 unspecified atom stereocenters. The summed E-state index contributed by atoms with van der Waals surface area (Å²) in [5.41, 5.74) is 3.00. The molecule has 0 fully saturated rings. The fraction of sp³-hybridized carbons (Fsp3) is 0.300. The molecular weight excluding hydrogens is 398 g/mol. The molecule has 0 radical (unpaired) electrons. The van der Waals surface area contributed by atoms with Gasteiger partial charge in [0.2, 0.25) is 5.78 Å². The van der Waals surface area contributed by atoms with Crippen LogP contribution < -0.4 is 0 Å². The van der Waals surface area contributed by atoms with E-state index in [9.17, 15) is 28.1 Å². The number of benzene rings is 2. The molecule has 8 nitrogen and oxygen atoms in total. The Labute approximate surface area is 168 Å². The maximum Gasteiger partial charge on any atom is 0.338 e. The highest BCUT2D eigenvalue weighted by molar-refractivity contribution is 7.90. The molecule has 0 N–H and O–H groups in total. The van der Waals surface area contributed by atoms with Crippen molar-refractivity contribution in [2.45, 2.75) is 32.6 Å². The summed E-state index contributed by atoms with van der Waals surface area (Å²) < 4.78 is 28.4. The number of esters is 1. The Kier molecular flexibility index (Phi) is 6.22. The maximum atomic E-state index is 12.6. The van der Waals surface area contributed by atoms with Gasteiger partial charge < -0.3 is 4.74 Å². The molecule has 0 heterocycles. The summed E-state index contributed by atoms with van der Waals surface area (Å²) >= 11 is 0. The molecule has 0 aliphatic heterocycles. The lowest BCUT2D eigenvalue weighted by Crippen LogP contribution is -2.17. The normalized spacial score (nSPS) is 11.2. The Hall–Kier alpha value is -3.07. The molecule has 0 spiro atoms. The van der Waals surface area contributed by atoms with Gasteiger partial charge in [-0.05, 0) is 62.1 Å². The lowest BCUT2D eigenvalue weighted by Gasteiger charge is -2.14. The Morgan fingerprint density at radius 1 is 1.03 bits per heavy atom. The number of nitrogens with zero attached hydrogens (tertiary/aromatic N) is 1. The molecule has 0 aliphatic rings. The van der Waals surface area contributed by atoms with Gasteiger partial charge in [-0.15, -0.1) is 0 Å². The molecule has 2 aromatic rings. The molecular formula is C20H21NO7S. The van der Waals surface area contributed by atoms with Gasteiger partial charge in [0, 0.05) is 17.9 Å². The fourth-order valence-electron chi connectivity index (χ4n) is 3.02. The van der Waals surface area contributed by atoms with Crippen LogP contribution in [0.1, 0.15) is 43.0 Å². The summed E-state index contributed by atoms with van der Waals surface area (Å²) in [4.78, 5) is 34.7. The van der Waals surface area contributed by atoms with Crippen molar-refractivity contribution in [3.05, 3.63) is 67.8 Å². The van der Waals surface area contributed by atoms with E-state index in [2.05, 4.69) is 0 Å². The van der Waals surface area contributed by atoms with Gasteiger partial charge in [0.1, 0.15) is 4.90 Å². The number of Topliss-reactive ketones (excluding diaryl/α,β-unsaturated/α-hetero) is 1. The second-order valence-corrected chi connectivity index (χ2v) is 8.83. The van der Waals surface area contributed by atoms with Crippen molar-refractivity contribution in [3.8, 4) is 0 Å². The standard InChI is InChI=1S/C20H21NO7S/c1-11-8-12(2)14(4)19(13(11)3)17(22)10-28-20(23)15-6-7-18(29(5,26)27)16(9-15)21(24)25/h6-9H,10H2,1-5H3. The lowest BCUT2D eigenvalue weighted by molar-refractivity contribution is -0.387. The number of aryl methyl sites for hydroxylation is 2. The molecule has 2 rings (SSSR count). The first-order valence-electron chi connectivity index (χ1n) is 8.60. The van der Waals surface area contributed by atoms with Crippen LogP contribution in [-0.4, -0.2) is 38.0 Å². The molecule has 9 heteroatoms. The Bertz CT molecular complexity index is 1110. The van der Waals surface area contributed by atoms with Crippen molar-refractivity contribution in [1.29, 1.82) is 0 Å². The molecule has 0 saturated heterocycles. The molecule has 0 bridgehead atoms. The van der Waals surface area contributed by atoms with E-state index in [1.54, 1.807) is 0 Å². The number of nitro groups is 1. The minimum Gasteiger partial charge on any atom is -0.454 e. The molecule has 0 saturated carbocycles. The van der Waals surface area contributed by atoms with Crippen molar-refractivity contribution in [1.82, 2.24) is 0 Å². The van der Waals surface area contributed by atoms with Crippen molar-refractivity contribution >= 4 is 27.3 Å². The van der Waals surface area contributed by atoms with Gasteiger partial charge in [0.05, 0.1) is 10.5 Å². The second-order valence-electron chi connectivity index (χ2n) is 6.85. The summed E-state index contributed by atoms with van der Waals surface area (Å²) in [5.74, 6) is -1.34. The number of rotatable bonds is 6. The van der Waals surface area contributed by atoms with Crippen LogP contribution in [0.25, 0.3) is 0 Å². The zero-order chi connectivity index (χ0) is 22.1. The molecule has 29 heavy (non-hydrogen) atoms. The van der Waals surface area contributed by atoms with Crippen LogP contribution in [0.3, 0.4) is 0 Å². The van der Waals surface area contributed by atoms with E-state index >= 15 is 0 Å². The van der Waals surface area contributed by atoms with E-state index < -0.39 is 37.9 Å². The van der Waals surface area contributed by atoms with Gasteiger partial charge in [0.25, 0.3) is 5.69 Å². The van der Waals surface area contributed by atoms with E-state index in [0.717, 1.165) is 46.7 Å². The van der Waals surface area contributed by atoms with Crippen LogP contribution in [0.5, 0.6) is 0 Å². The third kappa shape index (κ3) is 4.68. The molecule has 2 aromatic carbocycles. The Balaban J connectivity index is 2.28.